The van der Waals surface area contributed by atoms with Gasteiger partial charge in [-0.3, -0.25) is 10.2 Å². The topological polar surface area (TPSA) is 115 Å². The van der Waals surface area contributed by atoms with Crippen LogP contribution in [0.3, 0.4) is 0 Å². The van der Waals surface area contributed by atoms with Crippen LogP contribution < -0.4 is 5.32 Å². The maximum Gasteiger partial charge on any atom is 0.416 e. The number of benzene rings is 2. The minimum atomic E-state index is -1.18. The van der Waals surface area contributed by atoms with E-state index in [0.29, 0.717) is 28.9 Å². The molecule has 9 heteroatoms. The summed E-state index contributed by atoms with van der Waals surface area (Å²) in [4.78, 5) is 15.8. The van der Waals surface area contributed by atoms with Crippen molar-refractivity contribution < 1.29 is 29.6 Å². The molecule has 1 amide bonds. The first-order chi connectivity index (χ1) is 16.8. The number of hydrogen-bond donors (Lipinski definition) is 4. The molecule has 188 valence electrons. The number of ether oxygens (including phenoxy) is 2. The molecule has 0 bridgehead atoms. The standard InChI is InChI=1S/C26H33N3O6/c1-4-27-25-29(26(32)33)23(18-7-5-17(6-8-18)15-28-9-11-34-12-10-28)24(35-25)20-13-19(16(2)3)21(30)14-22(20)31/h5-8,13-14,16,25,27,30-31H,4,9-12,15H2,1-3H3,(H,32,33). The van der Waals surface area contributed by atoms with Gasteiger partial charge < -0.3 is 24.8 Å². The number of morpholine rings is 1. The average Bonchev–Trinajstić information content (AvgIpc) is 3.19. The van der Waals surface area contributed by atoms with Crippen LogP contribution in [0.1, 0.15) is 48.9 Å². The van der Waals surface area contributed by atoms with Gasteiger partial charge >= 0.3 is 6.09 Å². The highest BCUT2D eigenvalue weighted by Crippen LogP contribution is 2.44. The zero-order valence-corrected chi connectivity index (χ0v) is 20.3. The Kier molecular flexibility index (Phi) is 7.49. The smallest absolute Gasteiger partial charge is 0.416 e. The molecule has 4 rings (SSSR count). The number of rotatable bonds is 7. The first-order valence-corrected chi connectivity index (χ1v) is 11.9. The van der Waals surface area contributed by atoms with Gasteiger partial charge in [0.1, 0.15) is 17.2 Å². The van der Waals surface area contributed by atoms with Crippen LogP contribution in [0.15, 0.2) is 36.4 Å². The molecule has 2 aliphatic heterocycles. The SMILES string of the molecule is CCNC1OC(c2cc(C(C)C)c(O)cc2O)=C(c2ccc(CN3CCOCC3)cc2)N1C(=O)O. The summed E-state index contributed by atoms with van der Waals surface area (Å²) in [7, 11) is 0. The van der Waals surface area contributed by atoms with Crippen molar-refractivity contribution in [1.82, 2.24) is 15.1 Å². The van der Waals surface area contributed by atoms with Crippen LogP contribution in [0.25, 0.3) is 11.5 Å². The molecular formula is C26H33N3O6. The number of nitrogens with one attached hydrogen (secondary N) is 1. The molecule has 1 fully saturated rings. The zero-order valence-electron chi connectivity index (χ0n) is 20.3. The van der Waals surface area contributed by atoms with E-state index in [1.165, 1.54) is 6.07 Å². The van der Waals surface area contributed by atoms with Crippen molar-refractivity contribution in [2.45, 2.75) is 39.6 Å². The fraction of sp³-hybridized carbons (Fsp3) is 0.423. The molecule has 0 spiro atoms. The van der Waals surface area contributed by atoms with Gasteiger partial charge in [-0.1, -0.05) is 45.0 Å². The molecule has 35 heavy (non-hydrogen) atoms. The minimum Gasteiger partial charge on any atom is -0.508 e. The van der Waals surface area contributed by atoms with E-state index in [9.17, 15) is 20.1 Å². The van der Waals surface area contributed by atoms with E-state index in [-0.39, 0.29) is 23.2 Å². The maximum absolute atomic E-state index is 12.3. The number of aromatic hydroxyl groups is 2. The van der Waals surface area contributed by atoms with Crippen molar-refractivity contribution in [3.8, 4) is 11.5 Å². The van der Waals surface area contributed by atoms with Crippen molar-refractivity contribution in [3.63, 3.8) is 0 Å². The summed E-state index contributed by atoms with van der Waals surface area (Å²) in [5, 5.41) is 34.1. The van der Waals surface area contributed by atoms with Crippen LogP contribution in [-0.4, -0.2) is 70.4 Å². The molecule has 0 saturated carbocycles. The lowest BCUT2D eigenvalue weighted by atomic mass is 9.96. The van der Waals surface area contributed by atoms with Crippen molar-refractivity contribution in [3.05, 3.63) is 58.7 Å². The molecule has 2 aliphatic rings. The predicted molar refractivity (Wildman–Crippen MR) is 132 cm³/mol. The summed E-state index contributed by atoms with van der Waals surface area (Å²) in [6, 6.07) is 10.6. The van der Waals surface area contributed by atoms with Crippen LogP contribution in [0.4, 0.5) is 4.79 Å². The Bertz CT molecular complexity index is 1090. The highest BCUT2D eigenvalue weighted by molar-refractivity contribution is 5.96. The van der Waals surface area contributed by atoms with Crippen molar-refractivity contribution in [2.75, 3.05) is 32.8 Å². The van der Waals surface area contributed by atoms with Crippen LogP contribution >= 0.6 is 0 Å². The van der Waals surface area contributed by atoms with Crippen molar-refractivity contribution >= 4 is 17.5 Å². The number of amides is 1. The van der Waals surface area contributed by atoms with Gasteiger partial charge in [0.05, 0.1) is 18.8 Å². The van der Waals surface area contributed by atoms with Crippen molar-refractivity contribution in [1.29, 1.82) is 0 Å². The molecular weight excluding hydrogens is 450 g/mol. The summed E-state index contributed by atoms with van der Waals surface area (Å²) < 4.78 is 11.5. The van der Waals surface area contributed by atoms with Crippen LogP contribution in [0, 0.1) is 0 Å². The molecule has 2 aromatic carbocycles. The maximum atomic E-state index is 12.3. The molecule has 1 atom stereocenters. The Labute approximate surface area is 205 Å². The van der Waals surface area contributed by atoms with Gasteiger partial charge in [0, 0.05) is 31.3 Å². The van der Waals surface area contributed by atoms with Crippen molar-refractivity contribution in [2.24, 2.45) is 0 Å². The second-order valence-corrected chi connectivity index (χ2v) is 9.03. The molecule has 0 aliphatic carbocycles. The second-order valence-electron chi connectivity index (χ2n) is 9.03. The molecule has 9 nitrogen and oxygen atoms in total. The second kappa shape index (κ2) is 10.6. The minimum absolute atomic E-state index is 0.0144. The Morgan fingerprint density at radius 1 is 1.11 bits per heavy atom. The van der Waals surface area contributed by atoms with Gasteiger partial charge in [0.2, 0.25) is 6.35 Å². The molecule has 1 saturated heterocycles. The monoisotopic (exact) mass is 483 g/mol. The van der Waals surface area contributed by atoms with E-state index in [4.69, 9.17) is 9.47 Å². The lowest BCUT2D eigenvalue weighted by Gasteiger charge is -2.26. The van der Waals surface area contributed by atoms with E-state index < -0.39 is 12.4 Å². The third-order valence-electron chi connectivity index (χ3n) is 6.25. The number of hydrogen-bond acceptors (Lipinski definition) is 7. The fourth-order valence-corrected chi connectivity index (χ4v) is 4.44. The Morgan fingerprint density at radius 3 is 2.40 bits per heavy atom. The van der Waals surface area contributed by atoms with Gasteiger partial charge in [-0.25, -0.2) is 9.69 Å². The highest BCUT2D eigenvalue weighted by atomic mass is 16.5. The van der Waals surface area contributed by atoms with Crippen LogP contribution in [-0.2, 0) is 16.0 Å². The third-order valence-corrected chi connectivity index (χ3v) is 6.25. The van der Waals surface area contributed by atoms with Gasteiger partial charge in [-0.15, -0.1) is 0 Å². The normalized spacial score (nSPS) is 18.9. The highest BCUT2D eigenvalue weighted by Gasteiger charge is 2.40. The zero-order chi connectivity index (χ0) is 25.1. The third kappa shape index (κ3) is 5.22. The lowest BCUT2D eigenvalue weighted by Crippen LogP contribution is -2.45. The predicted octanol–water partition coefficient (Wildman–Crippen LogP) is 3.78. The Balaban J connectivity index is 1.78. The summed E-state index contributed by atoms with van der Waals surface area (Å²) in [5.74, 6) is 0.0103. The number of carbonyl (C=O) groups is 1. The van der Waals surface area contributed by atoms with Crippen LogP contribution in [0.5, 0.6) is 11.5 Å². The van der Waals surface area contributed by atoms with Gasteiger partial charge in [0.15, 0.2) is 5.76 Å². The first kappa shape index (κ1) is 24.8. The van der Waals surface area contributed by atoms with Gasteiger partial charge in [0.25, 0.3) is 0 Å². The van der Waals surface area contributed by atoms with E-state index in [2.05, 4.69) is 10.2 Å². The van der Waals surface area contributed by atoms with E-state index >= 15 is 0 Å². The molecule has 1 unspecified atom stereocenters. The summed E-state index contributed by atoms with van der Waals surface area (Å²) in [5.41, 5.74) is 3.04. The number of phenolic OH excluding ortho intramolecular Hbond substituents is 2. The molecule has 2 aromatic rings. The first-order valence-electron chi connectivity index (χ1n) is 11.9. The fourth-order valence-electron chi connectivity index (χ4n) is 4.44. The number of nitrogens with zero attached hydrogens (tertiary/aromatic N) is 2. The summed E-state index contributed by atoms with van der Waals surface area (Å²) in [6.45, 7) is 10.2. The van der Waals surface area contributed by atoms with E-state index in [1.54, 1.807) is 6.07 Å². The summed E-state index contributed by atoms with van der Waals surface area (Å²) in [6.07, 6.45) is -2.13. The summed E-state index contributed by atoms with van der Waals surface area (Å²) >= 11 is 0. The molecule has 4 N–H and O–H groups in total. The number of carboxylic acid groups (broad SMARTS) is 1. The quantitative estimate of drug-likeness (QED) is 0.470. The largest absolute Gasteiger partial charge is 0.508 e. The molecule has 0 aromatic heterocycles. The van der Waals surface area contributed by atoms with Gasteiger partial charge in [-0.2, -0.15) is 0 Å². The van der Waals surface area contributed by atoms with E-state index in [1.807, 2.05) is 45.0 Å². The van der Waals surface area contributed by atoms with Crippen LogP contribution in [0.2, 0.25) is 0 Å². The molecule has 2 heterocycles. The Morgan fingerprint density at radius 2 is 1.80 bits per heavy atom. The lowest BCUT2D eigenvalue weighted by molar-refractivity contribution is 0.0342. The van der Waals surface area contributed by atoms with Gasteiger partial charge in [-0.05, 0) is 29.7 Å². The number of phenols is 2. The van der Waals surface area contributed by atoms with E-state index in [0.717, 1.165) is 43.3 Å². The average molecular weight is 484 g/mol. The Hall–Kier alpha value is -3.27. The molecule has 0 radical (unpaired) electrons.